The van der Waals surface area contributed by atoms with Crippen molar-refractivity contribution in [1.29, 1.82) is 0 Å². The van der Waals surface area contributed by atoms with Gasteiger partial charge in [-0.3, -0.25) is 4.99 Å². The van der Waals surface area contributed by atoms with Gasteiger partial charge in [0.1, 0.15) is 17.5 Å². The summed E-state index contributed by atoms with van der Waals surface area (Å²) in [7, 11) is 1.63. The third kappa shape index (κ3) is 5.61. The van der Waals surface area contributed by atoms with Crippen LogP contribution in [0, 0.1) is 17.5 Å². The average molecular weight is 335 g/mol. The fraction of sp³-hybridized carbons (Fsp3) is 0.278. The first-order valence-corrected chi connectivity index (χ1v) is 7.71. The van der Waals surface area contributed by atoms with Crippen LogP contribution in [0.1, 0.15) is 11.1 Å². The molecule has 2 N–H and O–H groups in total. The van der Waals surface area contributed by atoms with Crippen LogP contribution in [0.3, 0.4) is 0 Å². The second-order valence-electron chi connectivity index (χ2n) is 5.29. The summed E-state index contributed by atoms with van der Waals surface area (Å²) in [5, 5.41) is 6.14. The summed E-state index contributed by atoms with van der Waals surface area (Å²) in [6.07, 6.45) is 0.991. The summed E-state index contributed by atoms with van der Waals surface area (Å²) in [5.74, 6) is -0.577. The second-order valence-corrected chi connectivity index (χ2v) is 5.29. The van der Waals surface area contributed by atoms with Crippen molar-refractivity contribution in [3.05, 3.63) is 71.0 Å². The van der Waals surface area contributed by atoms with E-state index in [-0.39, 0.29) is 5.82 Å². The van der Waals surface area contributed by atoms with Gasteiger partial charge in [0.05, 0.1) is 0 Å². The van der Waals surface area contributed by atoms with Gasteiger partial charge in [-0.2, -0.15) is 0 Å². The van der Waals surface area contributed by atoms with Crippen molar-refractivity contribution >= 4 is 5.96 Å². The number of halogens is 3. The number of nitrogens with zero attached hydrogens (tertiary/aromatic N) is 1. The molecule has 0 fully saturated rings. The number of hydrogen-bond donors (Lipinski definition) is 2. The number of benzene rings is 2. The minimum Gasteiger partial charge on any atom is -0.356 e. The van der Waals surface area contributed by atoms with E-state index in [9.17, 15) is 13.2 Å². The zero-order valence-corrected chi connectivity index (χ0v) is 13.5. The molecule has 0 amide bonds. The highest BCUT2D eigenvalue weighted by atomic mass is 19.1. The van der Waals surface area contributed by atoms with E-state index in [2.05, 4.69) is 15.6 Å². The number of aliphatic imine (C=N–C) groups is 1. The highest BCUT2D eigenvalue weighted by Gasteiger charge is 2.04. The second kappa shape index (κ2) is 8.96. The van der Waals surface area contributed by atoms with Crippen molar-refractivity contribution in [3.63, 3.8) is 0 Å². The van der Waals surface area contributed by atoms with Gasteiger partial charge in [-0.1, -0.05) is 12.1 Å². The summed E-state index contributed by atoms with van der Waals surface area (Å²) < 4.78 is 39.7. The molecular formula is C18H20F3N3. The van der Waals surface area contributed by atoms with Crippen molar-refractivity contribution in [1.82, 2.24) is 10.6 Å². The molecule has 128 valence electrons. The SMILES string of the molecule is CN=C(NCCc1cccc(F)c1)NCCc1cc(F)ccc1F. The van der Waals surface area contributed by atoms with Crippen molar-refractivity contribution < 1.29 is 13.2 Å². The molecule has 0 aromatic heterocycles. The van der Waals surface area contributed by atoms with Gasteiger partial charge in [0.25, 0.3) is 0 Å². The largest absolute Gasteiger partial charge is 0.356 e. The highest BCUT2D eigenvalue weighted by molar-refractivity contribution is 5.79. The maximum Gasteiger partial charge on any atom is 0.190 e. The van der Waals surface area contributed by atoms with Gasteiger partial charge in [0.15, 0.2) is 5.96 Å². The van der Waals surface area contributed by atoms with Crippen LogP contribution in [0.5, 0.6) is 0 Å². The fourth-order valence-corrected chi connectivity index (χ4v) is 2.29. The molecule has 0 radical (unpaired) electrons. The number of rotatable bonds is 6. The average Bonchev–Trinajstić information content (AvgIpc) is 2.56. The monoisotopic (exact) mass is 335 g/mol. The molecule has 0 aliphatic carbocycles. The Morgan fingerprint density at radius 2 is 1.62 bits per heavy atom. The van der Waals surface area contributed by atoms with Crippen LogP contribution < -0.4 is 10.6 Å². The summed E-state index contributed by atoms with van der Waals surface area (Å²) in [5.41, 5.74) is 1.21. The van der Waals surface area contributed by atoms with Gasteiger partial charge in [0, 0.05) is 20.1 Å². The van der Waals surface area contributed by atoms with E-state index in [4.69, 9.17) is 0 Å². The molecule has 0 heterocycles. The minimum atomic E-state index is -0.455. The Balaban J connectivity index is 1.75. The molecule has 0 spiro atoms. The molecule has 3 nitrogen and oxygen atoms in total. The van der Waals surface area contributed by atoms with Gasteiger partial charge in [-0.05, 0) is 54.3 Å². The van der Waals surface area contributed by atoms with Crippen molar-refractivity contribution in [2.75, 3.05) is 20.1 Å². The van der Waals surface area contributed by atoms with Gasteiger partial charge in [-0.25, -0.2) is 13.2 Å². The maximum absolute atomic E-state index is 13.5. The lowest BCUT2D eigenvalue weighted by Gasteiger charge is -2.12. The molecule has 0 saturated heterocycles. The fourth-order valence-electron chi connectivity index (χ4n) is 2.29. The lowest BCUT2D eigenvalue weighted by atomic mass is 10.1. The summed E-state index contributed by atoms with van der Waals surface area (Å²) in [6, 6.07) is 9.83. The standard InChI is InChI=1S/C18H20F3N3/c1-22-18(23-9-7-13-3-2-4-15(19)11-13)24-10-8-14-12-16(20)5-6-17(14)21/h2-6,11-12H,7-10H2,1H3,(H2,22,23,24). The van der Waals surface area contributed by atoms with Crippen molar-refractivity contribution in [3.8, 4) is 0 Å². The van der Waals surface area contributed by atoms with E-state index in [1.165, 1.54) is 18.2 Å². The van der Waals surface area contributed by atoms with Crippen molar-refractivity contribution in [2.24, 2.45) is 4.99 Å². The van der Waals surface area contributed by atoms with E-state index in [1.54, 1.807) is 13.1 Å². The molecule has 0 aliphatic heterocycles. The van der Waals surface area contributed by atoms with Crippen molar-refractivity contribution in [2.45, 2.75) is 12.8 Å². The Morgan fingerprint density at radius 3 is 2.33 bits per heavy atom. The summed E-state index contributed by atoms with van der Waals surface area (Å²) in [6.45, 7) is 0.997. The third-order valence-electron chi connectivity index (χ3n) is 3.51. The maximum atomic E-state index is 13.5. The first-order chi connectivity index (χ1) is 11.6. The molecule has 0 unspecified atom stereocenters. The molecule has 2 aromatic carbocycles. The third-order valence-corrected chi connectivity index (χ3v) is 3.51. The predicted molar refractivity (Wildman–Crippen MR) is 89.5 cm³/mol. The van der Waals surface area contributed by atoms with Crippen LogP contribution in [-0.2, 0) is 12.8 Å². The molecule has 24 heavy (non-hydrogen) atoms. The molecule has 2 aromatic rings. The molecule has 0 atom stereocenters. The predicted octanol–water partition coefficient (Wildman–Crippen LogP) is 3.05. The van der Waals surface area contributed by atoms with Crippen LogP contribution in [0.4, 0.5) is 13.2 Å². The minimum absolute atomic E-state index is 0.257. The van der Waals surface area contributed by atoms with Crippen LogP contribution in [-0.4, -0.2) is 26.1 Å². The first kappa shape index (κ1) is 17.8. The van der Waals surface area contributed by atoms with Crippen LogP contribution in [0.2, 0.25) is 0 Å². The molecule has 2 rings (SSSR count). The van der Waals surface area contributed by atoms with E-state index in [0.29, 0.717) is 37.5 Å². The molecule has 0 aliphatic rings. The van der Waals surface area contributed by atoms with Gasteiger partial charge < -0.3 is 10.6 Å². The Kier molecular flexibility index (Phi) is 6.66. The quantitative estimate of drug-likeness (QED) is 0.629. The topological polar surface area (TPSA) is 36.4 Å². The van der Waals surface area contributed by atoms with Gasteiger partial charge in [0.2, 0.25) is 0 Å². The number of hydrogen-bond acceptors (Lipinski definition) is 1. The lowest BCUT2D eigenvalue weighted by Crippen LogP contribution is -2.39. The first-order valence-electron chi connectivity index (χ1n) is 7.71. The molecular weight excluding hydrogens is 315 g/mol. The summed E-state index contributed by atoms with van der Waals surface area (Å²) in [4.78, 5) is 4.06. The van der Waals surface area contributed by atoms with Crippen LogP contribution in [0.25, 0.3) is 0 Å². The molecule has 6 heteroatoms. The van der Waals surface area contributed by atoms with Crippen LogP contribution in [0.15, 0.2) is 47.5 Å². The van der Waals surface area contributed by atoms with E-state index in [0.717, 1.165) is 17.7 Å². The van der Waals surface area contributed by atoms with E-state index < -0.39 is 11.6 Å². The van der Waals surface area contributed by atoms with Gasteiger partial charge in [-0.15, -0.1) is 0 Å². The Labute approximate surface area is 139 Å². The number of nitrogens with one attached hydrogen (secondary N) is 2. The zero-order chi connectivity index (χ0) is 17.4. The Bertz CT molecular complexity index is 702. The smallest absolute Gasteiger partial charge is 0.190 e. The molecule has 0 saturated carbocycles. The van der Waals surface area contributed by atoms with E-state index in [1.807, 2.05) is 6.07 Å². The highest BCUT2D eigenvalue weighted by Crippen LogP contribution is 2.09. The lowest BCUT2D eigenvalue weighted by molar-refractivity contribution is 0.583. The Morgan fingerprint density at radius 1 is 0.917 bits per heavy atom. The van der Waals surface area contributed by atoms with E-state index >= 15 is 0 Å². The normalized spacial score (nSPS) is 11.4. The van der Waals surface area contributed by atoms with Gasteiger partial charge >= 0.3 is 0 Å². The van der Waals surface area contributed by atoms with Crippen LogP contribution >= 0.6 is 0 Å². The summed E-state index contributed by atoms with van der Waals surface area (Å²) >= 11 is 0. The Hall–Kier alpha value is -2.50. The number of guanidine groups is 1. The zero-order valence-electron chi connectivity index (χ0n) is 13.5. The molecule has 0 bridgehead atoms.